The van der Waals surface area contributed by atoms with E-state index in [1.165, 1.54) is 116 Å². The van der Waals surface area contributed by atoms with Gasteiger partial charge in [-0.3, -0.25) is 9.59 Å². The fourth-order valence-corrected chi connectivity index (χ4v) is 4.98. The highest BCUT2D eigenvalue weighted by molar-refractivity contribution is 5.91. The molecular weight excluding hydrogens is 528 g/mol. The zero-order chi connectivity index (χ0) is 30.5. The number of carbonyl (C=O) groups is 2. The quantitative estimate of drug-likeness (QED) is 0.0525. The summed E-state index contributed by atoms with van der Waals surface area (Å²) in [5.74, 6) is 0.278. The van der Waals surface area contributed by atoms with Crippen LogP contribution in [0.15, 0.2) is 18.2 Å². The van der Waals surface area contributed by atoms with Crippen molar-refractivity contribution in [2.24, 2.45) is 0 Å². The normalized spacial score (nSPS) is 10.9. The molecule has 42 heavy (non-hydrogen) atoms. The van der Waals surface area contributed by atoms with Crippen LogP contribution in [0.5, 0.6) is 11.5 Å². The van der Waals surface area contributed by atoms with E-state index in [-0.39, 0.29) is 19.6 Å². The average molecular weight is 591 g/mol. The zero-order valence-electron chi connectivity index (χ0n) is 27.4. The van der Waals surface area contributed by atoms with Crippen molar-refractivity contribution in [1.82, 2.24) is 0 Å². The number of carbonyl (C=O) groups excluding carboxylic acids is 2. The lowest BCUT2D eigenvalue weighted by Gasteiger charge is -2.13. The Morgan fingerprint density at radius 3 is 1.29 bits per heavy atom. The molecular formula is C36H62O6. The highest BCUT2D eigenvalue weighted by Gasteiger charge is 2.13. The number of unbranched alkanes of at least 4 members (excludes halogenated alkanes) is 18. The van der Waals surface area contributed by atoms with Crippen molar-refractivity contribution in [2.45, 2.75) is 162 Å². The second-order valence-electron chi connectivity index (χ2n) is 11.5. The van der Waals surface area contributed by atoms with Gasteiger partial charge >= 0.3 is 11.9 Å². The Bertz CT molecular complexity index is 749. The van der Waals surface area contributed by atoms with Gasteiger partial charge < -0.3 is 18.9 Å². The molecule has 0 bridgehead atoms. The summed E-state index contributed by atoms with van der Waals surface area (Å²) in [5.41, 5.74) is 0.783. The van der Waals surface area contributed by atoms with Crippen LogP contribution in [0.2, 0.25) is 0 Å². The lowest BCUT2D eigenvalue weighted by molar-refractivity contribution is -0.155. The summed E-state index contributed by atoms with van der Waals surface area (Å²) in [4.78, 5) is 23.6. The number of esters is 2. The SMILES string of the molecule is CCCCCCCCCCCCOc1cc(COC(=O)CC(=O)OCC)cc(OCCCCCCCCCCCC)c1. The van der Waals surface area contributed by atoms with Gasteiger partial charge in [0.2, 0.25) is 0 Å². The Kier molecular flexibility index (Phi) is 24.8. The molecule has 0 saturated carbocycles. The molecule has 0 heterocycles. The molecule has 1 aromatic carbocycles. The summed E-state index contributed by atoms with van der Waals surface area (Å²) in [6, 6.07) is 5.71. The Morgan fingerprint density at radius 1 is 0.500 bits per heavy atom. The summed E-state index contributed by atoms with van der Waals surface area (Å²) < 4.78 is 22.3. The lowest BCUT2D eigenvalue weighted by atomic mass is 10.1. The number of benzene rings is 1. The van der Waals surface area contributed by atoms with Gasteiger partial charge in [-0.25, -0.2) is 0 Å². The van der Waals surface area contributed by atoms with Crippen LogP contribution in [0.4, 0.5) is 0 Å². The van der Waals surface area contributed by atoms with Crippen LogP contribution in [0.1, 0.15) is 161 Å². The number of hydrogen-bond donors (Lipinski definition) is 0. The first kappa shape index (κ1) is 37.8. The van der Waals surface area contributed by atoms with E-state index in [0.29, 0.717) is 13.2 Å². The molecule has 0 atom stereocenters. The third kappa shape index (κ3) is 22.4. The summed E-state index contributed by atoms with van der Waals surface area (Å²) >= 11 is 0. The Hall–Kier alpha value is -2.24. The standard InChI is InChI=1S/C36H62O6/c1-4-7-9-11-13-15-17-19-21-23-25-40-33-27-32(31-42-36(38)30-35(37)39-6-3)28-34(29-33)41-26-24-22-20-18-16-14-12-10-8-5-2/h27-29H,4-26,30-31H2,1-3H3. The van der Waals surface area contributed by atoms with Crippen molar-refractivity contribution in [2.75, 3.05) is 19.8 Å². The van der Waals surface area contributed by atoms with Crippen LogP contribution in [-0.4, -0.2) is 31.8 Å². The third-order valence-corrected chi connectivity index (χ3v) is 7.47. The van der Waals surface area contributed by atoms with Gasteiger partial charge in [0, 0.05) is 6.07 Å². The molecule has 242 valence electrons. The second kappa shape index (κ2) is 27.6. The molecule has 1 rings (SSSR count). The molecule has 0 unspecified atom stereocenters. The minimum Gasteiger partial charge on any atom is -0.493 e. The Labute approximate surface area is 257 Å². The molecule has 0 amide bonds. The summed E-state index contributed by atoms with van der Waals surface area (Å²) in [7, 11) is 0. The Morgan fingerprint density at radius 2 is 0.881 bits per heavy atom. The number of ether oxygens (including phenoxy) is 4. The maximum Gasteiger partial charge on any atom is 0.317 e. The molecule has 0 saturated heterocycles. The van der Waals surface area contributed by atoms with Crippen molar-refractivity contribution in [3.8, 4) is 11.5 Å². The molecule has 6 nitrogen and oxygen atoms in total. The molecule has 0 aliphatic rings. The van der Waals surface area contributed by atoms with Crippen molar-refractivity contribution < 1.29 is 28.5 Å². The van der Waals surface area contributed by atoms with Crippen LogP contribution < -0.4 is 9.47 Å². The van der Waals surface area contributed by atoms with Crippen LogP contribution in [0.3, 0.4) is 0 Å². The fourth-order valence-electron chi connectivity index (χ4n) is 4.98. The molecule has 6 heteroatoms. The van der Waals surface area contributed by atoms with E-state index in [0.717, 1.165) is 29.9 Å². The summed E-state index contributed by atoms with van der Waals surface area (Å²) in [5, 5.41) is 0. The van der Waals surface area contributed by atoms with E-state index in [1.54, 1.807) is 6.92 Å². The highest BCUT2D eigenvalue weighted by atomic mass is 16.6. The first-order valence-electron chi connectivity index (χ1n) is 17.3. The summed E-state index contributed by atoms with van der Waals surface area (Å²) in [6.07, 6.45) is 25.3. The van der Waals surface area contributed by atoms with Crippen LogP contribution in [0.25, 0.3) is 0 Å². The van der Waals surface area contributed by atoms with Crippen LogP contribution >= 0.6 is 0 Å². The fraction of sp³-hybridized carbons (Fsp3) is 0.778. The topological polar surface area (TPSA) is 71.1 Å². The van der Waals surface area contributed by atoms with E-state index in [9.17, 15) is 9.59 Å². The Balaban J connectivity index is 2.44. The van der Waals surface area contributed by atoms with Crippen LogP contribution in [-0.2, 0) is 25.7 Å². The second-order valence-corrected chi connectivity index (χ2v) is 11.5. The number of hydrogen-bond acceptors (Lipinski definition) is 6. The van der Waals surface area contributed by atoms with Gasteiger partial charge in [0.05, 0.1) is 19.8 Å². The largest absolute Gasteiger partial charge is 0.493 e. The smallest absolute Gasteiger partial charge is 0.317 e. The zero-order valence-corrected chi connectivity index (χ0v) is 27.4. The minimum atomic E-state index is -0.599. The molecule has 0 aromatic heterocycles. The molecule has 1 aromatic rings. The molecule has 0 N–H and O–H groups in total. The first-order chi connectivity index (χ1) is 20.6. The first-order valence-corrected chi connectivity index (χ1v) is 17.3. The van der Waals surface area contributed by atoms with Crippen LogP contribution in [0, 0.1) is 0 Å². The maximum atomic E-state index is 12.1. The van der Waals surface area contributed by atoms with Crippen molar-refractivity contribution in [1.29, 1.82) is 0 Å². The lowest BCUT2D eigenvalue weighted by Crippen LogP contribution is -2.13. The third-order valence-electron chi connectivity index (χ3n) is 7.47. The van der Waals surface area contributed by atoms with Gasteiger partial charge in [-0.15, -0.1) is 0 Å². The van der Waals surface area contributed by atoms with E-state index >= 15 is 0 Å². The van der Waals surface area contributed by atoms with E-state index in [1.807, 2.05) is 18.2 Å². The predicted octanol–water partition coefficient (Wildman–Crippen LogP) is 10.3. The van der Waals surface area contributed by atoms with Gasteiger partial charge in [0.1, 0.15) is 24.5 Å². The van der Waals surface area contributed by atoms with E-state index < -0.39 is 11.9 Å². The predicted molar refractivity (Wildman–Crippen MR) is 172 cm³/mol. The molecule has 0 fully saturated rings. The maximum absolute atomic E-state index is 12.1. The van der Waals surface area contributed by atoms with Crippen molar-refractivity contribution >= 4 is 11.9 Å². The van der Waals surface area contributed by atoms with Crippen molar-refractivity contribution in [3.63, 3.8) is 0 Å². The molecule has 0 spiro atoms. The molecule has 0 radical (unpaired) electrons. The van der Waals surface area contributed by atoms with Gasteiger partial charge in [-0.1, -0.05) is 129 Å². The highest BCUT2D eigenvalue weighted by Crippen LogP contribution is 2.25. The monoisotopic (exact) mass is 590 g/mol. The minimum absolute atomic E-state index is 0.0578. The van der Waals surface area contributed by atoms with Gasteiger partial charge in [-0.05, 0) is 37.5 Å². The van der Waals surface area contributed by atoms with E-state index in [2.05, 4.69) is 13.8 Å². The van der Waals surface area contributed by atoms with Crippen molar-refractivity contribution in [3.05, 3.63) is 23.8 Å². The number of rotatable bonds is 29. The van der Waals surface area contributed by atoms with Gasteiger partial charge in [0.15, 0.2) is 0 Å². The average Bonchev–Trinajstić information content (AvgIpc) is 2.97. The van der Waals surface area contributed by atoms with E-state index in [4.69, 9.17) is 18.9 Å². The molecule has 0 aliphatic carbocycles. The van der Waals surface area contributed by atoms with Gasteiger partial charge in [0.25, 0.3) is 0 Å². The van der Waals surface area contributed by atoms with Gasteiger partial charge in [-0.2, -0.15) is 0 Å². The summed E-state index contributed by atoms with van der Waals surface area (Å²) in [6.45, 7) is 7.83. The molecule has 0 aliphatic heterocycles.